The Bertz CT molecular complexity index is 636. The van der Waals surface area contributed by atoms with E-state index in [0.717, 1.165) is 5.56 Å². The van der Waals surface area contributed by atoms with Gasteiger partial charge in [0.2, 0.25) is 0 Å². The number of benzene rings is 1. The number of rotatable bonds is 4. The first kappa shape index (κ1) is 13.7. The fourth-order valence-electron chi connectivity index (χ4n) is 1.59. The molecule has 7 heteroatoms. The Hall–Kier alpha value is -2.70. The van der Waals surface area contributed by atoms with E-state index in [4.69, 9.17) is 0 Å². The molecule has 2 aromatic rings. The van der Waals surface area contributed by atoms with E-state index < -0.39 is 6.03 Å². The highest BCUT2D eigenvalue weighted by molar-refractivity contribution is 5.87. The van der Waals surface area contributed by atoms with Crippen LogP contribution in [0.2, 0.25) is 0 Å². The number of hydrogen-bond donors (Lipinski definition) is 3. The quantitative estimate of drug-likeness (QED) is 0.786. The number of aromatic amines is 1. The van der Waals surface area contributed by atoms with Crippen LogP contribution in [-0.2, 0) is 6.42 Å². The molecule has 104 valence electrons. The zero-order valence-corrected chi connectivity index (χ0v) is 10.5. The number of H-pyrrole nitrogens is 1. The summed E-state index contributed by atoms with van der Waals surface area (Å²) in [7, 11) is 0. The van der Waals surface area contributed by atoms with Gasteiger partial charge in [-0.15, -0.1) is 0 Å². The van der Waals surface area contributed by atoms with E-state index in [1.165, 1.54) is 24.3 Å². The molecule has 0 aliphatic carbocycles. The SMILES string of the molecule is O=C(NCCc1cccc(F)c1)Nc1ccc(=O)[nH]n1. The second-order valence-electron chi connectivity index (χ2n) is 4.07. The molecule has 0 atom stereocenters. The van der Waals surface area contributed by atoms with E-state index >= 15 is 0 Å². The average Bonchev–Trinajstić information content (AvgIpc) is 2.41. The number of amides is 2. The van der Waals surface area contributed by atoms with Crippen molar-refractivity contribution in [3.63, 3.8) is 0 Å². The van der Waals surface area contributed by atoms with Crippen molar-refractivity contribution in [2.45, 2.75) is 6.42 Å². The van der Waals surface area contributed by atoms with E-state index in [0.29, 0.717) is 13.0 Å². The lowest BCUT2D eigenvalue weighted by molar-refractivity contribution is 0.252. The molecular formula is C13H13FN4O2. The third kappa shape index (κ3) is 4.20. The molecule has 0 aliphatic rings. The van der Waals surface area contributed by atoms with E-state index in [1.807, 2.05) is 0 Å². The van der Waals surface area contributed by atoms with Gasteiger partial charge in [-0.1, -0.05) is 12.1 Å². The maximum atomic E-state index is 12.9. The minimum atomic E-state index is -0.444. The second-order valence-corrected chi connectivity index (χ2v) is 4.07. The Balaban J connectivity index is 1.78. The highest BCUT2D eigenvalue weighted by Gasteiger charge is 2.02. The van der Waals surface area contributed by atoms with Gasteiger partial charge in [0.05, 0.1) is 0 Å². The normalized spacial score (nSPS) is 10.1. The van der Waals surface area contributed by atoms with E-state index in [-0.39, 0.29) is 17.2 Å². The number of nitrogens with one attached hydrogen (secondary N) is 3. The molecule has 1 aromatic heterocycles. The van der Waals surface area contributed by atoms with Crippen LogP contribution >= 0.6 is 0 Å². The third-order valence-corrected chi connectivity index (χ3v) is 2.51. The smallest absolute Gasteiger partial charge is 0.320 e. The van der Waals surface area contributed by atoms with Gasteiger partial charge >= 0.3 is 6.03 Å². The molecule has 0 aliphatic heterocycles. The van der Waals surface area contributed by atoms with Crippen molar-refractivity contribution in [3.05, 3.63) is 58.1 Å². The number of carbonyl (C=O) groups is 1. The van der Waals surface area contributed by atoms with Crippen LogP contribution < -0.4 is 16.2 Å². The Morgan fingerprint density at radius 2 is 2.15 bits per heavy atom. The molecular weight excluding hydrogens is 263 g/mol. The maximum absolute atomic E-state index is 12.9. The zero-order chi connectivity index (χ0) is 14.4. The van der Waals surface area contributed by atoms with Crippen molar-refractivity contribution in [1.82, 2.24) is 15.5 Å². The predicted molar refractivity (Wildman–Crippen MR) is 72.0 cm³/mol. The molecule has 0 saturated heterocycles. The first-order valence-corrected chi connectivity index (χ1v) is 5.98. The van der Waals surface area contributed by atoms with Gasteiger partial charge in [-0.3, -0.25) is 10.1 Å². The molecule has 6 nitrogen and oxygen atoms in total. The molecule has 1 aromatic carbocycles. The Morgan fingerprint density at radius 3 is 2.85 bits per heavy atom. The largest absolute Gasteiger partial charge is 0.337 e. The molecule has 0 bridgehead atoms. The minimum Gasteiger partial charge on any atom is -0.337 e. The summed E-state index contributed by atoms with van der Waals surface area (Å²) in [6.07, 6.45) is 0.518. The summed E-state index contributed by atoms with van der Waals surface area (Å²) in [5.74, 6) is -0.0581. The summed E-state index contributed by atoms with van der Waals surface area (Å²) in [4.78, 5) is 22.3. The molecule has 0 unspecified atom stereocenters. The number of aromatic nitrogens is 2. The van der Waals surface area contributed by atoms with Gasteiger partial charge in [-0.25, -0.2) is 14.3 Å². The van der Waals surface area contributed by atoms with Crippen LogP contribution in [0.4, 0.5) is 15.0 Å². The molecule has 1 heterocycles. The lowest BCUT2D eigenvalue weighted by Gasteiger charge is -2.06. The lowest BCUT2D eigenvalue weighted by atomic mass is 10.1. The Morgan fingerprint density at radius 1 is 1.30 bits per heavy atom. The first-order chi connectivity index (χ1) is 9.63. The Labute approximate surface area is 114 Å². The number of halogens is 1. The highest BCUT2D eigenvalue weighted by atomic mass is 19.1. The molecule has 2 rings (SSSR count). The van der Waals surface area contributed by atoms with Gasteiger partial charge in [-0.2, -0.15) is 5.10 Å². The van der Waals surface area contributed by atoms with Crippen molar-refractivity contribution in [2.24, 2.45) is 0 Å². The van der Waals surface area contributed by atoms with Crippen LogP contribution in [0.25, 0.3) is 0 Å². The van der Waals surface area contributed by atoms with Gasteiger partial charge < -0.3 is 5.32 Å². The molecule has 0 saturated carbocycles. The predicted octanol–water partition coefficient (Wildman–Crippen LogP) is 1.27. The first-order valence-electron chi connectivity index (χ1n) is 5.98. The van der Waals surface area contributed by atoms with Crippen LogP contribution in [0.5, 0.6) is 0 Å². The standard InChI is InChI=1S/C13H13FN4O2/c14-10-3-1-2-9(8-10)6-7-15-13(20)16-11-4-5-12(19)18-17-11/h1-5,8H,6-7H2,(H,18,19)(H2,15,16,17,20). The van der Waals surface area contributed by atoms with Crippen molar-refractivity contribution >= 4 is 11.8 Å². The van der Waals surface area contributed by atoms with E-state index in [2.05, 4.69) is 20.8 Å². The Kier molecular flexibility index (Phi) is 4.43. The maximum Gasteiger partial charge on any atom is 0.320 e. The van der Waals surface area contributed by atoms with Crippen molar-refractivity contribution in [1.29, 1.82) is 0 Å². The topological polar surface area (TPSA) is 86.9 Å². The molecule has 0 spiro atoms. The molecule has 20 heavy (non-hydrogen) atoms. The van der Waals surface area contributed by atoms with Crippen molar-refractivity contribution in [2.75, 3.05) is 11.9 Å². The van der Waals surface area contributed by atoms with E-state index in [9.17, 15) is 14.0 Å². The summed E-state index contributed by atoms with van der Waals surface area (Å²) < 4.78 is 12.9. The molecule has 0 radical (unpaired) electrons. The van der Waals surface area contributed by atoms with Crippen molar-refractivity contribution in [3.8, 4) is 0 Å². The average molecular weight is 276 g/mol. The molecule has 0 fully saturated rings. The monoisotopic (exact) mass is 276 g/mol. The summed E-state index contributed by atoms with van der Waals surface area (Å²) >= 11 is 0. The van der Waals surface area contributed by atoms with E-state index in [1.54, 1.807) is 12.1 Å². The summed E-state index contributed by atoms with van der Waals surface area (Å²) in [6.45, 7) is 0.360. The zero-order valence-electron chi connectivity index (χ0n) is 10.5. The number of anilines is 1. The van der Waals surface area contributed by atoms with Gasteiger partial charge in [0.15, 0.2) is 5.82 Å². The van der Waals surface area contributed by atoms with Crippen LogP contribution in [0.1, 0.15) is 5.56 Å². The third-order valence-electron chi connectivity index (χ3n) is 2.51. The highest BCUT2D eigenvalue weighted by Crippen LogP contribution is 2.03. The van der Waals surface area contributed by atoms with Crippen LogP contribution in [0, 0.1) is 5.82 Å². The number of carbonyl (C=O) groups excluding carboxylic acids is 1. The fraction of sp³-hybridized carbons (Fsp3) is 0.154. The summed E-state index contributed by atoms with van der Waals surface area (Å²) in [5, 5.41) is 10.9. The lowest BCUT2D eigenvalue weighted by Crippen LogP contribution is -2.31. The molecule has 2 amide bonds. The minimum absolute atomic E-state index is 0.243. The number of nitrogens with zero attached hydrogens (tertiary/aromatic N) is 1. The number of hydrogen-bond acceptors (Lipinski definition) is 3. The van der Waals surface area contributed by atoms with Gasteiger partial charge in [0, 0.05) is 12.6 Å². The van der Waals surface area contributed by atoms with Crippen LogP contribution in [0.3, 0.4) is 0 Å². The van der Waals surface area contributed by atoms with Crippen LogP contribution in [0.15, 0.2) is 41.2 Å². The second kappa shape index (κ2) is 6.46. The number of urea groups is 1. The fourth-order valence-corrected chi connectivity index (χ4v) is 1.59. The summed E-state index contributed by atoms with van der Waals surface area (Å²) in [5.41, 5.74) is 0.453. The van der Waals surface area contributed by atoms with Crippen molar-refractivity contribution < 1.29 is 9.18 Å². The van der Waals surface area contributed by atoms with Gasteiger partial charge in [0.25, 0.3) is 5.56 Å². The molecule has 3 N–H and O–H groups in total. The van der Waals surface area contributed by atoms with Gasteiger partial charge in [0.1, 0.15) is 5.82 Å². The van der Waals surface area contributed by atoms with Crippen LogP contribution in [-0.4, -0.2) is 22.8 Å². The summed E-state index contributed by atoms with van der Waals surface area (Å²) in [6, 6.07) is 8.40. The van der Waals surface area contributed by atoms with Gasteiger partial charge in [-0.05, 0) is 30.2 Å².